The third-order valence-electron chi connectivity index (χ3n) is 3.05. The third kappa shape index (κ3) is 5.76. The molecule has 0 aliphatic heterocycles. The van der Waals surface area contributed by atoms with Crippen LogP contribution in [0.3, 0.4) is 0 Å². The SMILES string of the molecule is CCCC(=O)c1ccc(OCCCC(=O)OCC)c(OC)c1. The molecule has 0 radical (unpaired) electrons. The van der Waals surface area contributed by atoms with Gasteiger partial charge in [0.2, 0.25) is 0 Å². The zero-order valence-corrected chi connectivity index (χ0v) is 13.5. The highest BCUT2D eigenvalue weighted by molar-refractivity contribution is 5.96. The van der Waals surface area contributed by atoms with E-state index in [0.29, 0.717) is 49.5 Å². The van der Waals surface area contributed by atoms with Gasteiger partial charge in [-0.15, -0.1) is 0 Å². The Morgan fingerprint density at radius 2 is 1.86 bits per heavy atom. The minimum atomic E-state index is -0.224. The maximum Gasteiger partial charge on any atom is 0.305 e. The van der Waals surface area contributed by atoms with Gasteiger partial charge in [0.05, 0.1) is 20.3 Å². The first-order valence-electron chi connectivity index (χ1n) is 7.62. The number of carbonyl (C=O) groups excluding carboxylic acids is 2. The molecule has 22 heavy (non-hydrogen) atoms. The van der Waals surface area contributed by atoms with Crippen LogP contribution < -0.4 is 9.47 Å². The van der Waals surface area contributed by atoms with Crippen molar-refractivity contribution >= 4 is 11.8 Å². The predicted molar refractivity (Wildman–Crippen MR) is 83.6 cm³/mol. The number of hydrogen-bond acceptors (Lipinski definition) is 5. The van der Waals surface area contributed by atoms with Crippen LogP contribution in [0.1, 0.15) is 49.9 Å². The van der Waals surface area contributed by atoms with Gasteiger partial charge in [-0.25, -0.2) is 0 Å². The molecular weight excluding hydrogens is 284 g/mol. The van der Waals surface area contributed by atoms with E-state index in [9.17, 15) is 9.59 Å². The minimum Gasteiger partial charge on any atom is -0.493 e. The lowest BCUT2D eigenvalue weighted by atomic mass is 10.1. The van der Waals surface area contributed by atoms with Crippen LogP contribution in [0.25, 0.3) is 0 Å². The van der Waals surface area contributed by atoms with Crippen LogP contribution in [0, 0.1) is 0 Å². The molecule has 0 saturated heterocycles. The van der Waals surface area contributed by atoms with Gasteiger partial charge >= 0.3 is 5.97 Å². The van der Waals surface area contributed by atoms with Crippen molar-refractivity contribution in [1.29, 1.82) is 0 Å². The van der Waals surface area contributed by atoms with Crippen molar-refractivity contribution in [2.45, 2.75) is 39.5 Å². The van der Waals surface area contributed by atoms with E-state index in [-0.39, 0.29) is 11.8 Å². The molecule has 0 heterocycles. The monoisotopic (exact) mass is 308 g/mol. The summed E-state index contributed by atoms with van der Waals surface area (Å²) in [5.41, 5.74) is 0.623. The highest BCUT2D eigenvalue weighted by Crippen LogP contribution is 2.28. The largest absolute Gasteiger partial charge is 0.493 e. The Morgan fingerprint density at radius 1 is 1.09 bits per heavy atom. The summed E-state index contributed by atoms with van der Waals surface area (Å²) in [6.07, 6.45) is 2.22. The van der Waals surface area contributed by atoms with Crippen molar-refractivity contribution in [3.8, 4) is 11.5 Å². The van der Waals surface area contributed by atoms with Gasteiger partial charge in [0.15, 0.2) is 17.3 Å². The summed E-state index contributed by atoms with van der Waals surface area (Å²) in [4.78, 5) is 23.1. The molecule has 0 N–H and O–H groups in total. The fraction of sp³-hybridized carbons (Fsp3) is 0.529. The van der Waals surface area contributed by atoms with Crippen molar-refractivity contribution in [3.63, 3.8) is 0 Å². The Labute approximate surface area is 131 Å². The summed E-state index contributed by atoms with van der Waals surface area (Å²) in [6, 6.07) is 5.16. The molecule has 0 amide bonds. The first-order valence-corrected chi connectivity index (χ1v) is 7.62. The molecular formula is C17H24O5. The van der Waals surface area contributed by atoms with Gasteiger partial charge in [-0.3, -0.25) is 9.59 Å². The van der Waals surface area contributed by atoms with Crippen LogP contribution in [0.5, 0.6) is 11.5 Å². The van der Waals surface area contributed by atoms with Crippen LogP contribution in [-0.2, 0) is 9.53 Å². The minimum absolute atomic E-state index is 0.0923. The summed E-state index contributed by atoms with van der Waals surface area (Å²) < 4.78 is 15.7. The number of ether oxygens (including phenoxy) is 3. The Balaban J connectivity index is 2.56. The Kier molecular flexibility index (Phi) is 8.04. The number of rotatable bonds is 10. The number of benzene rings is 1. The van der Waals surface area contributed by atoms with E-state index in [4.69, 9.17) is 14.2 Å². The topological polar surface area (TPSA) is 61.8 Å². The maximum absolute atomic E-state index is 11.9. The molecule has 0 aliphatic carbocycles. The van der Waals surface area contributed by atoms with Gasteiger partial charge in [0.1, 0.15) is 0 Å². The summed E-state index contributed by atoms with van der Waals surface area (Å²) in [5, 5.41) is 0. The third-order valence-corrected chi connectivity index (χ3v) is 3.05. The van der Waals surface area contributed by atoms with Gasteiger partial charge in [-0.05, 0) is 38.0 Å². The highest BCUT2D eigenvalue weighted by Gasteiger charge is 2.11. The van der Waals surface area contributed by atoms with Gasteiger partial charge in [0.25, 0.3) is 0 Å². The molecule has 0 aliphatic rings. The predicted octanol–water partition coefficient (Wildman–Crippen LogP) is 3.40. The molecule has 0 bridgehead atoms. The van der Waals surface area contributed by atoms with E-state index >= 15 is 0 Å². The van der Waals surface area contributed by atoms with Gasteiger partial charge in [0, 0.05) is 18.4 Å². The quantitative estimate of drug-likeness (QED) is 0.376. The van der Waals surface area contributed by atoms with Crippen LogP contribution in [0.15, 0.2) is 18.2 Å². The molecule has 0 atom stereocenters. The van der Waals surface area contributed by atoms with Crippen LogP contribution in [0.2, 0.25) is 0 Å². The summed E-state index contributed by atoms with van der Waals surface area (Å²) in [7, 11) is 1.54. The number of methoxy groups -OCH3 is 1. The van der Waals surface area contributed by atoms with Crippen molar-refractivity contribution in [3.05, 3.63) is 23.8 Å². The second-order valence-electron chi connectivity index (χ2n) is 4.80. The molecule has 0 saturated carbocycles. The summed E-state index contributed by atoms with van der Waals surface area (Å²) in [6.45, 7) is 4.52. The zero-order chi connectivity index (χ0) is 16.4. The Bertz CT molecular complexity index is 496. The molecule has 0 fully saturated rings. The van der Waals surface area contributed by atoms with Crippen LogP contribution in [0.4, 0.5) is 0 Å². The van der Waals surface area contributed by atoms with E-state index in [1.54, 1.807) is 25.1 Å². The van der Waals surface area contributed by atoms with Crippen molar-refractivity contribution < 1.29 is 23.8 Å². The lowest BCUT2D eigenvalue weighted by molar-refractivity contribution is -0.143. The Hall–Kier alpha value is -2.04. The molecule has 5 heteroatoms. The average Bonchev–Trinajstić information content (AvgIpc) is 2.52. The zero-order valence-electron chi connectivity index (χ0n) is 13.5. The van der Waals surface area contributed by atoms with E-state index in [1.807, 2.05) is 6.92 Å². The summed E-state index contributed by atoms with van der Waals surface area (Å²) >= 11 is 0. The fourth-order valence-electron chi connectivity index (χ4n) is 1.96. The molecule has 122 valence electrons. The second kappa shape index (κ2) is 9.82. The number of esters is 1. The molecule has 1 aromatic carbocycles. The molecule has 0 aromatic heterocycles. The average molecular weight is 308 g/mol. The molecule has 0 unspecified atom stereocenters. The Morgan fingerprint density at radius 3 is 2.50 bits per heavy atom. The van der Waals surface area contributed by atoms with Crippen molar-refractivity contribution in [1.82, 2.24) is 0 Å². The fourth-order valence-corrected chi connectivity index (χ4v) is 1.96. The van der Waals surface area contributed by atoms with E-state index in [0.717, 1.165) is 6.42 Å². The maximum atomic E-state index is 11.9. The molecule has 5 nitrogen and oxygen atoms in total. The lowest BCUT2D eigenvalue weighted by Crippen LogP contribution is -2.07. The first-order chi connectivity index (χ1) is 10.6. The molecule has 1 aromatic rings. The summed E-state index contributed by atoms with van der Waals surface area (Å²) in [5.74, 6) is 0.964. The first kappa shape index (κ1) is 18.0. The van der Waals surface area contributed by atoms with E-state index < -0.39 is 0 Å². The van der Waals surface area contributed by atoms with Crippen LogP contribution in [-0.4, -0.2) is 32.1 Å². The number of ketones is 1. The van der Waals surface area contributed by atoms with Gasteiger partial charge in [-0.2, -0.15) is 0 Å². The normalized spacial score (nSPS) is 10.1. The number of Topliss-reactive ketones (excluding diaryl/α,β-unsaturated/α-hetero) is 1. The van der Waals surface area contributed by atoms with E-state index in [1.165, 1.54) is 7.11 Å². The van der Waals surface area contributed by atoms with E-state index in [2.05, 4.69) is 0 Å². The van der Waals surface area contributed by atoms with Gasteiger partial charge < -0.3 is 14.2 Å². The highest BCUT2D eigenvalue weighted by atomic mass is 16.5. The van der Waals surface area contributed by atoms with Crippen molar-refractivity contribution in [2.24, 2.45) is 0 Å². The standard InChI is InChI=1S/C17H24O5/c1-4-7-14(18)13-9-10-15(16(12-13)20-3)22-11-6-8-17(19)21-5-2/h9-10,12H,4-8,11H2,1-3H3. The molecule has 1 rings (SSSR count). The number of carbonyl (C=O) groups is 2. The van der Waals surface area contributed by atoms with Gasteiger partial charge in [-0.1, -0.05) is 6.92 Å². The smallest absolute Gasteiger partial charge is 0.305 e. The number of hydrogen-bond donors (Lipinski definition) is 0. The second-order valence-corrected chi connectivity index (χ2v) is 4.80. The van der Waals surface area contributed by atoms with Crippen molar-refractivity contribution in [2.75, 3.05) is 20.3 Å². The lowest BCUT2D eigenvalue weighted by Gasteiger charge is -2.11. The molecule has 0 spiro atoms. The van der Waals surface area contributed by atoms with Crippen LogP contribution >= 0.6 is 0 Å².